The van der Waals surface area contributed by atoms with Crippen LogP contribution < -0.4 is 10.1 Å². The van der Waals surface area contributed by atoms with Crippen molar-refractivity contribution >= 4 is 34.3 Å². The predicted molar refractivity (Wildman–Crippen MR) is 130 cm³/mol. The quantitative estimate of drug-likeness (QED) is 0.320. The minimum Gasteiger partial charge on any atom is -0.497 e. The van der Waals surface area contributed by atoms with Gasteiger partial charge >= 0.3 is 5.97 Å². The van der Waals surface area contributed by atoms with E-state index in [1.807, 2.05) is 41.8 Å². The Morgan fingerprint density at radius 3 is 2.34 bits per heavy atom. The second-order valence-electron chi connectivity index (χ2n) is 7.45. The molecular formula is C26H27NO4S. The van der Waals surface area contributed by atoms with Crippen molar-refractivity contribution in [2.24, 2.45) is 0 Å². The lowest BCUT2D eigenvalue weighted by Gasteiger charge is -2.08. The highest BCUT2D eigenvalue weighted by Crippen LogP contribution is 2.37. The lowest BCUT2D eigenvalue weighted by atomic mass is 10.0. The number of amides is 1. The molecule has 1 N–H and O–H groups in total. The van der Waals surface area contributed by atoms with E-state index in [0.717, 1.165) is 16.9 Å². The highest BCUT2D eigenvalue weighted by Gasteiger charge is 2.22. The average Bonchev–Trinajstić information content (AvgIpc) is 3.21. The number of hydrogen-bond acceptors (Lipinski definition) is 5. The van der Waals surface area contributed by atoms with Gasteiger partial charge in [0.15, 0.2) is 0 Å². The summed E-state index contributed by atoms with van der Waals surface area (Å²) in [5, 5.41) is 5.13. The van der Waals surface area contributed by atoms with Crippen molar-refractivity contribution in [3.63, 3.8) is 0 Å². The molecule has 6 heteroatoms. The normalized spacial score (nSPS) is 11.0. The van der Waals surface area contributed by atoms with Crippen molar-refractivity contribution in [3.8, 4) is 16.9 Å². The molecular weight excluding hydrogens is 422 g/mol. The zero-order valence-corrected chi connectivity index (χ0v) is 19.5. The molecule has 1 amide bonds. The Hall–Kier alpha value is -3.38. The summed E-state index contributed by atoms with van der Waals surface area (Å²) < 4.78 is 10.5. The Kier molecular flexibility index (Phi) is 7.84. The van der Waals surface area contributed by atoms with Gasteiger partial charge < -0.3 is 14.8 Å². The van der Waals surface area contributed by atoms with E-state index in [-0.39, 0.29) is 12.5 Å². The first-order chi connectivity index (χ1) is 15.4. The van der Waals surface area contributed by atoms with Gasteiger partial charge in [0.05, 0.1) is 13.7 Å². The molecule has 0 aliphatic heterocycles. The number of esters is 1. The van der Waals surface area contributed by atoms with Gasteiger partial charge in [-0.15, -0.1) is 11.3 Å². The Morgan fingerprint density at radius 2 is 1.75 bits per heavy atom. The lowest BCUT2D eigenvalue weighted by molar-refractivity contribution is -0.111. The van der Waals surface area contributed by atoms with Crippen LogP contribution in [0.2, 0.25) is 0 Å². The van der Waals surface area contributed by atoms with Gasteiger partial charge in [-0.05, 0) is 47.7 Å². The first-order valence-corrected chi connectivity index (χ1v) is 11.3. The summed E-state index contributed by atoms with van der Waals surface area (Å²) in [4.78, 5) is 25.2. The van der Waals surface area contributed by atoms with Crippen molar-refractivity contribution in [2.45, 2.75) is 26.7 Å². The van der Waals surface area contributed by atoms with E-state index in [1.165, 1.54) is 23.0 Å². The Bertz CT molecular complexity index is 1100. The number of nitrogens with one attached hydrogen (secondary N) is 1. The molecule has 3 aromatic rings. The van der Waals surface area contributed by atoms with Crippen LogP contribution in [0.15, 0.2) is 60.0 Å². The van der Waals surface area contributed by atoms with E-state index >= 15 is 0 Å². The first-order valence-electron chi connectivity index (χ1n) is 10.4. The van der Waals surface area contributed by atoms with Crippen LogP contribution in [0.1, 0.15) is 48.2 Å². The van der Waals surface area contributed by atoms with Gasteiger partial charge in [-0.3, -0.25) is 4.79 Å². The number of ether oxygens (including phenoxy) is 2. The van der Waals surface area contributed by atoms with Gasteiger partial charge in [0.25, 0.3) is 0 Å². The Morgan fingerprint density at radius 1 is 1.06 bits per heavy atom. The molecule has 166 valence electrons. The van der Waals surface area contributed by atoms with Crippen LogP contribution in [0.4, 0.5) is 5.00 Å². The fourth-order valence-electron chi connectivity index (χ4n) is 3.16. The van der Waals surface area contributed by atoms with Gasteiger partial charge in [0.2, 0.25) is 5.91 Å². The zero-order valence-electron chi connectivity index (χ0n) is 18.7. The van der Waals surface area contributed by atoms with Crippen LogP contribution in [0.25, 0.3) is 17.2 Å². The van der Waals surface area contributed by atoms with Crippen molar-refractivity contribution in [2.75, 3.05) is 19.0 Å². The van der Waals surface area contributed by atoms with Gasteiger partial charge in [-0.2, -0.15) is 0 Å². The van der Waals surface area contributed by atoms with E-state index in [0.29, 0.717) is 22.0 Å². The minimum atomic E-state index is -0.469. The van der Waals surface area contributed by atoms with E-state index in [4.69, 9.17) is 9.47 Å². The van der Waals surface area contributed by atoms with Crippen LogP contribution in [0, 0.1) is 0 Å². The van der Waals surface area contributed by atoms with Gasteiger partial charge in [-0.1, -0.05) is 50.2 Å². The number of methoxy groups -OCH3 is 1. The summed E-state index contributed by atoms with van der Waals surface area (Å²) in [5.74, 6) is 0.396. The molecule has 0 aliphatic carbocycles. The number of hydrogen-bond donors (Lipinski definition) is 1. The molecule has 0 aliphatic rings. The lowest BCUT2D eigenvalue weighted by Crippen LogP contribution is -2.12. The molecule has 0 radical (unpaired) electrons. The minimum absolute atomic E-state index is 0.246. The summed E-state index contributed by atoms with van der Waals surface area (Å²) in [6.07, 6.45) is 3.22. The summed E-state index contributed by atoms with van der Waals surface area (Å²) >= 11 is 1.29. The van der Waals surface area contributed by atoms with Crippen LogP contribution >= 0.6 is 11.3 Å². The SMILES string of the molecule is CCOC(=O)c1c(-c2ccc(OC)cc2)csc1NC(=O)C=Cc1ccc(C(C)C)cc1. The van der Waals surface area contributed by atoms with Crippen LogP contribution in [0.3, 0.4) is 0 Å². The molecule has 0 unspecified atom stereocenters. The third kappa shape index (κ3) is 5.65. The molecule has 1 heterocycles. The molecule has 0 bridgehead atoms. The van der Waals surface area contributed by atoms with Gasteiger partial charge in [0.1, 0.15) is 16.3 Å². The van der Waals surface area contributed by atoms with Crippen LogP contribution in [0.5, 0.6) is 5.75 Å². The molecule has 0 spiro atoms. The molecule has 0 fully saturated rings. The van der Waals surface area contributed by atoms with E-state index in [1.54, 1.807) is 20.1 Å². The second-order valence-corrected chi connectivity index (χ2v) is 8.33. The van der Waals surface area contributed by atoms with Gasteiger partial charge in [0, 0.05) is 17.0 Å². The molecule has 0 saturated heterocycles. The molecule has 3 rings (SSSR count). The summed E-state index contributed by atoms with van der Waals surface area (Å²) in [6.45, 7) is 6.28. The predicted octanol–water partition coefficient (Wildman–Crippen LogP) is 6.38. The molecule has 2 aromatic carbocycles. The first kappa shape index (κ1) is 23.3. The van der Waals surface area contributed by atoms with Crippen LogP contribution in [-0.2, 0) is 9.53 Å². The number of rotatable bonds is 8. The van der Waals surface area contributed by atoms with Crippen molar-refractivity contribution in [1.82, 2.24) is 0 Å². The topological polar surface area (TPSA) is 64.6 Å². The van der Waals surface area contributed by atoms with Crippen LogP contribution in [-0.4, -0.2) is 25.6 Å². The smallest absolute Gasteiger partial charge is 0.341 e. The number of carbonyl (C=O) groups excluding carboxylic acids is 2. The molecule has 0 atom stereocenters. The Balaban J connectivity index is 1.82. The van der Waals surface area contributed by atoms with E-state index in [9.17, 15) is 9.59 Å². The maximum Gasteiger partial charge on any atom is 0.341 e. The monoisotopic (exact) mass is 449 g/mol. The molecule has 5 nitrogen and oxygen atoms in total. The highest BCUT2D eigenvalue weighted by molar-refractivity contribution is 7.15. The number of thiophene rings is 1. The third-order valence-electron chi connectivity index (χ3n) is 4.94. The largest absolute Gasteiger partial charge is 0.497 e. The fourth-order valence-corrected chi connectivity index (χ4v) is 4.12. The van der Waals surface area contributed by atoms with Crippen molar-refractivity contribution in [3.05, 3.63) is 76.7 Å². The van der Waals surface area contributed by atoms with Gasteiger partial charge in [-0.25, -0.2) is 4.79 Å². The standard InChI is InChI=1S/C26H27NO4S/c1-5-31-26(29)24-22(20-11-13-21(30-4)14-12-20)16-32-25(24)27-23(28)15-8-18-6-9-19(10-7-18)17(2)3/h6-17H,5H2,1-4H3,(H,27,28). The van der Waals surface area contributed by atoms with E-state index < -0.39 is 5.97 Å². The Labute approximate surface area is 192 Å². The summed E-state index contributed by atoms with van der Waals surface area (Å²) in [5.41, 5.74) is 4.08. The maximum atomic E-state index is 12.7. The van der Waals surface area contributed by atoms with Crippen molar-refractivity contribution < 1.29 is 19.1 Å². The van der Waals surface area contributed by atoms with Crippen molar-refractivity contribution in [1.29, 1.82) is 0 Å². The van der Waals surface area contributed by atoms with E-state index in [2.05, 4.69) is 31.3 Å². The average molecular weight is 450 g/mol. The second kappa shape index (κ2) is 10.8. The number of carbonyl (C=O) groups is 2. The fraction of sp³-hybridized carbons (Fsp3) is 0.231. The maximum absolute atomic E-state index is 12.7. The number of benzene rings is 2. The molecule has 0 saturated carbocycles. The molecule has 32 heavy (non-hydrogen) atoms. The highest BCUT2D eigenvalue weighted by atomic mass is 32.1. The summed E-state index contributed by atoms with van der Waals surface area (Å²) in [7, 11) is 1.60. The number of anilines is 1. The summed E-state index contributed by atoms with van der Waals surface area (Å²) in [6, 6.07) is 15.5. The zero-order chi connectivity index (χ0) is 23.1. The third-order valence-corrected chi connectivity index (χ3v) is 5.83. The molecule has 1 aromatic heterocycles.